The van der Waals surface area contributed by atoms with Crippen LogP contribution in [0.2, 0.25) is 0 Å². The first-order chi connectivity index (χ1) is 9.76. The molecule has 1 saturated carbocycles. The molecule has 0 aromatic carbocycles. The van der Waals surface area contributed by atoms with Gasteiger partial charge in [-0.15, -0.1) is 0 Å². The van der Waals surface area contributed by atoms with Gasteiger partial charge in [0.15, 0.2) is 0 Å². The summed E-state index contributed by atoms with van der Waals surface area (Å²) in [6, 6.07) is 4.04. The molecule has 20 heavy (non-hydrogen) atoms. The quantitative estimate of drug-likeness (QED) is 0.889. The minimum Gasteiger partial charge on any atom is -0.353 e. The molecule has 1 aliphatic heterocycles. The number of carbonyl (C=O) groups is 1. The Morgan fingerprint density at radius 2 is 2.00 bits per heavy atom. The number of rotatable bonds is 4. The lowest BCUT2D eigenvalue weighted by Crippen LogP contribution is -2.49. The minimum atomic E-state index is 0.332. The van der Waals surface area contributed by atoms with E-state index in [9.17, 15) is 4.79 Å². The molecule has 1 aromatic rings. The zero-order chi connectivity index (χ0) is 13.9. The van der Waals surface area contributed by atoms with Crippen LogP contribution < -0.4 is 10.6 Å². The predicted molar refractivity (Wildman–Crippen MR) is 78.3 cm³/mol. The van der Waals surface area contributed by atoms with Crippen LogP contribution in [0.25, 0.3) is 0 Å². The van der Waals surface area contributed by atoms with E-state index in [2.05, 4.69) is 9.88 Å². The molecule has 2 aliphatic rings. The van der Waals surface area contributed by atoms with E-state index in [1.165, 1.54) is 12.8 Å². The highest BCUT2D eigenvalue weighted by Gasteiger charge is 2.28. The van der Waals surface area contributed by atoms with Crippen molar-refractivity contribution in [3.63, 3.8) is 0 Å². The summed E-state index contributed by atoms with van der Waals surface area (Å²) in [5, 5.41) is 0. The number of aromatic nitrogens is 1. The number of anilines is 1. The third kappa shape index (κ3) is 3.10. The zero-order valence-corrected chi connectivity index (χ0v) is 11.8. The molecule has 1 aromatic heterocycles. The van der Waals surface area contributed by atoms with Crippen molar-refractivity contribution in [2.75, 3.05) is 31.1 Å². The monoisotopic (exact) mass is 274 g/mol. The van der Waals surface area contributed by atoms with Gasteiger partial charge in [0.05, 0.1) is 0 Å². The number of nitrogens with two attached hydrogens (primary N) is 1. The number of piperazine rings is 1. The lowest BCUT2D eigenvalue weighted by atomic mass is 10.2. The second-order valence-electron chi connectivity index (χ2n) is 5.74. The summed E-state index contributed by atoms with van der Waals surface area (Å²) in [5.41, 5.74) is 6.62. The Balaban J connectivity index is 1.53. The molecule has 0 atom stereocenters. The summed E-state index contributed by atoms with van der Waals surface area (Å²) in [5.74, 6) is 1.99. The van der Waals surface area contributed by atoms with Gasteiger partial charge < -0.3 is 15.5 Å². The molecule has 108 valence electrons. The number of nitrogens with zero attached hydrogens (tertiary/aromatic N) is 3. The molecule has 1 amide bonds. The van der Waals surface area contributed by atoms with Crippen molar-refractivity contribution in [1.82, 2.24) is 9.88 Å². The topological polar surface area (TPSA) is 62.5 Å². The fraction of sp³-hybridized carbons (Fsp3) is 0.600. The van der Waals surface area contributed by atoms with Crippen molar-refractivity contribution in [3.8, 4) is 0 Å². The van der Waals surface area contributed by atoms with Crippen molar-refractivity contribution >= 4 is 11.7 Å². The number of amides is 1. The van der Waals surface area contributed by atoms with E-state index >= 15 is 0 Å². The summed E-state index contributed by atoms with van der Waals surface area (Å²) >= 11 is 0. The fourth-order valence-electron chi connectivity index (χ4n) is 2.61. The van der Waals surface area contributed by atoms with E-state index in [1.807, 2.05) is 23.2 Å². The zero-order valence-electron chi connectivity index (χ0n) is 11.8. The molecule has 2 fully saturated rings. The van der Waals surface area contributed by atoms with E-state index in [0.29, 0.717) is 18.4 Å². The van der Waals surface area contributed by atoms with Crippen molar-refractivity contribution in [1.29, 1.82) is 0 Å². The van der Waals surface area contributed by atoms with Crippen LogP contribution in [0.3, 0.4) is 0 Å². The first-order valence-corrected chi connectivity index (χ1v) is 7.44. The fourth-order valence-corrected chi connectivity index (χ4v) is 2.61. The summed E-state index contributed by atoms with van der Waals surface area (Å²) in [7, 11) is 0. The molecular weight excluding hydrogens is 252 g/mol. The van der Waals surface area contributed by atoms with Gasteiger partial charge in [0.25, 0.3) is 0 Å². The van der Waals surface area contributed by atoms with Crippen molar-refractivity contribution in [2.24, 2.45) is 11.7 Å². The third-order valence-electron chi connectivity index (χ3n) is 4.16. The summed E-state index contributed by atoms with van der Waals surface area (Å²) < 4.78 is 0. The van der Waals surface area contributed by atoms with Crippen molar-refractivity contribution in [2.45, 2.75) is 25.8 Å². The Hall–Kier alpha value is -1.62. The van der Waals surface area contributed by atoms with Gasteiger partial charge in [0.1, 0.15) is 5.82 Å². The number of hydrogen-bond donors (Lipinski definition) is 1. The van der Waals surface area contributed by atoms with Crippen LogP contribution >= 0.6 is 0 Å². The standard InChI is InChI=1S/C15H22N4O/c16-10-13-3-4-14(17-11-13)18-5-7-19(8-6-18)15(20)9-12-1-2-12/h3-4,11-12H,1-2,5-10,16H2. The molecule has 0 spiro atoms. The highest BCUT2D eigenvalue weighted by atomic mass is 16.2. The van der Waals surface area contributed by atoms with Gasteiger partial charge >= 0.3 is 0 Å². The van der Waals surface area contributed by atoms with Crippen LogP contribution in [0.4, 0.5) is 5.82 Å². The van der Waals surface area contributed by atoms with E-state index in [-0.39, 0.29) is 0 Å². The summed E-state index contributed by atoms with van der Waals surface area (Å²) in [4.78, 5) is 20.7. The van der Waals surface area contributed by atoms with Gasteiger partial charge in [-0.3, -0.25) is 4.79 Å². The molecule has 2 heterocycles. The van der Waals surface area contributed by atoms with Crippen LogP contribution in [0.15, 0.2) is 18.3 Å². The summed E-state index contributed by atoms with van der Waals surface area (Å²) in [6.07, 6.45) is 5.07. The van der Waals surface area contributed by atoms with Gasteiger partial charge in [0, 0.05) is 45.3 Å². The Labute approximate surface area is 119 Å². The van der Waals surface area contributed by atoms with Crippen LogP contribution in [-0.2, 0) is 11.3 Å². The van der Waals surface area contributed by atoms with E-state index in [1.54, 1.807) is 0 Å². The van der Waals surface area contributed by atoms with E-state index in [4.69, 9.17) is 5.73 Å². The van der Waals surface area contributed by atoms with E-state index < -0.39 is 0 Å². The largest absolute Gasteiger partial charge is 0.353 e. The summed E-state index contributed by atoms with van der Waals surface area (Å²) in [6.45, 7) is 3.88. The first-order valence-electron chi connectivity index (χ1n) is 7.44. The molecule has 0 bridgehead atoms. The third-order valence-corrected chi connectivity index (χ3v) is 4.16. The molecule has 2 N–H and O–H groups in total. The van der Waals surface area contributed by atoms with Crippen molar-refractivity contribution in [3.05, 3.63) is 23.9 Å². The van der Waals surface area contributed by atoms with E-state index in [0.717, 1.165) is 44.0 Å². The lowest BCUT2D eigenvalue weighted by molar-refractivity contribution is -0.131. The highest BCUT2D eigenvalue weighted by Crippen LogP contribution is 2.33. The van der Waals surface area contributed by atoms with Gasteiger partial charge in [0.2, 0.25) is 5.91 Å². The van der Waals surface area contributed by atoms with Crippen LogP contribution in [0.5, 0.6) is 0 Å². The Morgan fingerprint density at radius 3 is 2.55 bits per heavy atom. The molecule has 0 radical (unpaired) electrons. The maximum atomic E-state index is 12.1. The maximum Gasteiger partial charge on any atom is 0.222 e. The average molecular weight is 274 g/mol. The second kappa shape index (κ2) is 5.79. The average Bonchev–Trinajstić information content (AvgIpc) is 3.31. The van der Waals surface area contributed by atoms with Crippen molar-refractivity contribution < 1.29 is 4.79 Å². The minimum absolute atomic E-state index is 0.332. The van der Waals surface area contributed by atoms with Gasteiger partial charge in [-0.2, -0.15) is 0 Å². The van der Waals surface area contributed by atoms with Crippen LogP contribution in [-0.4, -0.2) is 42.0 Å². The molecule has 5 nitrogen and oxygen atoms in total. The maximum absolute atomic E-state index is 12.1. The smallest absolute Gasteiger partial charge is 0.222 e. The lowest BCUT2D eigenvalue weighted by Gasteiger charge is -2.35. The molecule has 5 heteroatoms. The number of pyridine rings is 1. The number of hydrogen-bond acceptors (Lipinski definition) is 4. The molecule has 1 aliphatic carbocycles. The van der Waals surface area contributed by atoms with Crippen LogP contribution in [0.1, 0.15) is 24.8 Å². The molecule has 3 rings (SSSR count). The first kappa shape index (κ1) is 13.4. The Morgan fingerprint density at radius 1 is 1.25 bits per heavy atom. The molecule has 1 saturated heterocycles. The predicted octanol–water partition coefficient (Wildman–Crippen LogP) is 0.989. The van der Waals surface area contributed by atoms with Gasteiger partial charge in [-0.1, -0.05) is 6.07 Å². The molecular formula is C15H22N4O. The SMILES string of the molecule is NCc1ccc(N2CCN(C(=O)CC3CC3)CC2)nc1. The van der Waals surface area contributed by atoms with Gasteiger partial charge in [-0.25, -0.2) is 4.98 Å². The van der Waals surface area contributed by atoms with Crippen LogP contribution in [0, 0.1) is 5.92 Å². The highest BCUT2D eigenvalue weighted by molar-refractivity contribution is 5.77. The number of carbonyl (C=O) groups excluding carboxylic acids is 1. The Kier molecular flexibility index (Phi) is 3.87. The second-order valence-corrected chi connectivity index (χ2v) is 5.74. The van der Waals surface area contributed by atoms with Gasteiger partial charge in [-0.05, 0) is 30.4 Å². The Bertz CT molecular complexity index is 461. The molecule has 0 unspecified atom stereocenters. The normalized spacial score (nSPS) is 19.2.